The third-order valence-electron chi connectivity index (χ3n) is 4.61. The van der Waals surface area contributed by atoms with Crippen molar-refractivity contribution in [1.82, 2.24) is 5.32 Å². The molecule has 0 aliphatic heterocycles. The monoisotopic (exact) mass is 649 g/mol. The molecule has 0 atom stereocenters. The average molecular weight is 649 g/mol. The van der Waals surface area contributed by atoms with Gasteiger partial charge in [0.25, 0.3) is 0 Å². The molecule has 0 spiro atoms. The van der Waals surface area contributed by atoms with Crippen LogP contribution in [-0.2, 0) is 0 Å². The van der Waals surface area contributed by atoms with Crippen LogP contribution in [0, 0.1) is 0 Å². The molecule has 0 radical (unpaired) electrons. The molecule has 26 heteroatoms. The van der Waals surface area contributed by atoms with Gasteiger partial charge in [0.1, 0.15) is 0 Å². The minimum absolute atomic E-state index is 0.275. The molecule has 0 bridgehead atoms. The second kappa shape index (κ2) is 8.85. The maximum Gasteiger partial charge on any atom is 0.460 e. The number of hydrogen-bond acceptors (Lipinski definition) is 1. The molecule has 39 heavy (non-hydrogen) atoms. The van der Waals surface area contributed by atoms with Gasteiger partial charge in [-0.05, 0) is 7.05 Å². The molecule has 0 aliphatic carbocycles. The highest BCUT2D eigenvalue weighted by Gasteiger charge is 2.99. The van der Waals surface area contributed by atoms with Gasteiger partial charge >= 0.3 is 71.4 Å². The Kier molecular flexibility index (Phi) is 8.45. The Labute approximate surface area is 195 Å². The SMILES string of the molecule is CNC(F)(F)C(F)(F)C(F)(F)C(F)(F)C(F)(F)C(F)(F)C(F)(F)C(F)(F)C(F)(F)C(F)(F)C(F)(F)C(F)(F)F. The molecule has 1 nitrogen and oxygen atoms in total. The largest absolute Gasteiger partial charge is 0.460 e. The van der Waals surface area contributed by atoms with Gasteiger partial charge in [0.2, 0.25) is 0 Å². The number of hydrogen-bond donors (Lipinski definition) is 1. The Bertz CT molecular complexity index is 892. The van der Waals surface area contributed by atoms with Crippen molar-refractivity contribution in [3.05, 3.63) is 0 Å². The van der Waals surface area contributed by atoms with Gasteiger partial charge in [0.05, 0.1) is 0 Å². The summed E-state index contributed by atoms with van der Waals surface area (Å²) in [5.41, 5.74) is 0. The van der Waals surface area contributed by atoms with Crippen LogP contribution in [0.4, 0.5) is 110 Å². The van der Waals surface area contributed by atoms with E-state index in [1.165, 1.54) is 0 Å². The Morgan fingerprint density at radius 3 is 0.564 bits per heavy atom. The van der Waals surface area contributed by atoms with Gasteiger partial charge in [0.15, 0.2) is 0 Å². The third-order valence-corrected chi connectivity index (χ3v) is 4.61. The predicted octanol–water partition coefficient (Wildman–Crippen LogP) is 7.71. The Morgan fingerprint density at radius 1 is 0.256 bits per heavy atom. The smallest absolute Gasteiger partial charge is 0.256 e. The lowest BCUT2D eigenvalue weighted by atomic mass is 9.85. The summed E-state index contributed by atoms with van der Waals surface area (Å²) in [4.78, 5) is 0. The van der Waals surface area contributed by atoms with Crippen molar-refractivity contribution in [3.63, 3.8) is 0 Å². The normalized spacial score (nSPS) is 17.1. The quantitative estimate of drug-likeness (QED) is 0.179. The van der Waals surface area contributed by atoms with Crippen LogP contribution in [-0.4, -0.2) is 78.5 Å². The molecule has 0 saturated heterocycles. The van der Waals surface area contributed by atoms with Gasteiger partial charge in [-0.3, -0.25) is 5.32 Å². The van der Waals surface area contributed by atoms with Crippen LogP contribution in [0.3, 0.4) is 0 Å². The van der Waals surface area contributed by atoms with E-state index < -0.39 is 78.5 Å². The number of rotatable bonds is 11. The lowest BCUT2D eigenvalue weighted by Gasteiger charge is -2.45. The predicted molar refractivity (Wildman–Crippen MR) is 69.5 cm³/mol. The summed E-state index contributed by atoms with van der Waals surface area (Å²) < 4.78 is 327. The fourth-order valence-electron chi connectivity index (χ4n) is 2.11. The average Bonchev–Trinajstić information content (AvgIpc) is 2.71. The van der Waals surface area contributed by atoms with E-state index in [1.807, 2.05) is 0 Å². The number of nitrogens with one attached hydrogen (secondary N) is 1. The highest BCUT2D eigenvalue weighted by molar-refractivity contribution is 5.19. The molecular formula is C13H4F25N. The first-order chi connectivity index (χ1) is 16.3. The van der Waals surface area contributed by atoms with Crippen LogP contribution in [0.2, 0.25) is 0 Å². The van der Waals surface area contributed by atoms with Gasteiger partial charge in [-0.2, -0.15) is 110 Å². The molecule has 0 amide bonds. The summed E-state index contributed by atoms with van der Waals surface area (Å²) in [5.74, 6) is -91.2. The molecule has 0 aromatic heterocycles. The van der Waals surface area contributed by atoms with Crippen LogP contribution in [0.25, 0.3) is 0 Å². The van der Waals surface area contributed by atoms with Crippen LogP contribution < -0.4 is 5.32 Å². The minimum Gasteiger partial charge on any atom is -0.256 e. The fourth-order valence-corrected chi connectivity index (χ4v) is 2.11. The molecule has 236 valence electrons. The Hall–Kier alpha value is -1.79. The van der Waals surface area contributed by atoms with Crippen LogP contribution in [0.15, 0.2) is 0 Å². The number of alkyl halides is 25. The maximum atomic E-state index is 13.5. The first-order valence-electron chi connectivity index (χ1n) is 8.22. The van der Waals surface area contributed by atoms with Crippen molar-refractivity contribution in [1.29, 1.82) is 0 Å². The van der Waals surface area contributed by atoms with E-state index in [9.17, 15) is 110 Å². The molecule has 0 fully saturated rings. The van der Waals surface area contributed by atoms with Gasteiger partial charge in [0, 0.05) is 0 Å². The van der Waals surface area contributed by atoms with Crippen LogP contribution in [0.5, 0.6) is 0 Å². The lowest BCUT2D eigenvalue weighted by molar-refractivity contribution is -0.482. The van der Waals surface area contributed by atoms with Crippen LogP contribution in [0.1, 0.15) is 0 Å². The first-order valence-corrected chi connectivity index (χ1v) is 8.22. The standard InChI is InChI=1S/C13H4F25N/c1-39-13(37,38)11(32,33)9(28,29)7(24,25)5(20,21)3(16,17)2(14,15)4(18,19)6(22,23)8(26,27)10(30,31)12(34,35)36/h39H,1H3. The van der Waals surface area contributed by atoms with Gasteiger partial charge in [-0.25, -0.2) is 0 Å². The highest BCUT2D eigenvalue weighted by atomic mass is 19.4. The molecule has 0 rings (SSSR count). The second-order valence-corrected chi connectivity index (χ2v) is 7.07. The van der Waals surface area contributed by atoms with Crippen molar-refractivity contribution in [3.8, 4) is 0 Å². The van der Waals surface area contributed by atoms with Crippen molar-refractivity contribution in [2.24, 2.45) is 0 Å². The minimum atomic E-state index is -9.57. The Balaban J connectivity index is 7.31. The summed E-state index contributed by atoms with van der Waals surface area (Å²) in [6.07, 6.45) is -8.16. The zero-order valence-electron chi connectivity index (χ0n) is 16.9. The summed E-state index contributed by atoms with van der Waals surface area (Å²) >= 11 is 0. The second-order valence-electron chi connectivity index (χ2n) is 7.07. The van der Waals surface area contributed by atoms with E-state index in [2.05, 4.69) is 0 Å². The van der Waals surface area contributed by atoms with E-state index in [0.29, 0.717) is 0 Å². The van der Waals surface area contributed by atoms with E-state index in [-0.39, 0.29) is 5.32 Å². The Morgan fingerprint density at radius 2 is 0.410 bits per heavy atom. The fraction of sp³-hybridized carbons (Fsp3) is 1.00. The van der Waals surface area contributed by atoms with Crippen molar-refractivity contribution in [2.45, 2.75) is 71.4 Å². The van der Waals surface area contributed by atoms with Crippen molar-refractivity contribution < 1.29 is 110 Å². The number of halogens is 25. The topological polar surface area (TPSA) is 12.0 Å². The molecule has 0 saturated carbocycles. The zero-order valence-corrected chi connectivity index (χ0v) is 16.9. The molecule has 0 unspecified atom stereocenters. The summed E-state index contributed by atoms with van der Waals surface area (Å²) in [7, 11) is -0.539. The molecule has 0 heterocycles. The molecule has 0 aromatic rings. The van der Waals surface area contributed by atoms with E-state index in [4.69, 9.17) is 0 Å². The van der Waals surface area contributed by atoms with E-state index >= 15 is 0 Å². The summed E-state index contributed by atoms with van der Waals surface area (Å²) in [6, 6.07) is -6.89. The van der Waals surface area contributed by atoms with E-state index in [1.54, 1.807) is 0 Å². The summed E-state index contributed by atoms with van der Waals surface area (Å²) in [6.45, 7) is 0. The van der Waals surface area contributed by atoms with Crippen molar-refractivity contribution >= 4 is 0 Å². The van der Waals surface area contributed by atoms with Gasteiger partial charge in [-0.1, -0.05) is 0 Å². The third kappa shape index (κ3) is 4.22. The zero-order chi connectivity index (χ0) is 32.7. The summed E-state index contributed by atoms with van der Waals surface area (Å²) in [5, 5.41) is -0.275. The van der Waals surface area contributed by atoms with Gasteiger partial charge < -0.3 is 0 Å². The lowest BCUT2D eigenvalue weighted by Crippen LogP contribution is -2.78. The molecule has 1 N–H and O–H groups in total. The molecule has 0 aliphatic rings. The molecule has 0 aromatic carbocycles. The van der Waals surface area contributed by atoms with E-state index in [0.717, 1.165) is 0 Å². The highest BCUT2D eigenvalue weighted by Crippen LogP contribution is 2.67. The first kappa shape index (κ1) is 37.2. The van der Waals surface area contributed by atoms with Crippen molar-refractivity contribution in [2.75, 3.05) is 7.05 Å². The van der Waals surface area contributed by atoms with Gasteiger partial charge in [-0.15, -0.1) is 0 Å². The molecular weight excluding hydrogens is 645 g/mol. The maximum absolute atomic E-state index is 13.5. The van der Waals surface area contributed by atoms with Crippen LogP contribution >= 0.6 is 0 Å².